The van der Waals surface area contributed by atoms with Crippen LogP contribution in [0.4, 0.5) is 0 Å². The zero-order chi connectivity index (χ0) is 15.9. The maximum Gasteiger partial charge on any atom is 0.0888 e. The van der Waals surface area contributed by atoms with Crippen LogP contribution in [0, 0.1) is 12.3 Å². The molecule has 0 spiro atoms. The van der Waals surface area contributed by atoms with Crippen molar-refractivity contribution in [3.05, 3.63) is 66.3 Å². The van der Waals surface area contributed by atoms with Gasteiger partial charge in [0.2, 0.25) is 0 Å². The molecule has 2 heterocycles. The number of rotatable bonds is 3. The Balaban J connectivity index is 2.29. The highest BCUT2D eigenvalue weighted by molar-refractivity contribution is 7.26. The van der Waals surface area contributed by atoms with Crippen molar-refractivity contribution in [3.8, 4) is 0 Å². The molecule has 98 valence electrons. The predicted molar refractivity (Wildman–Crippen MR) is 88.0 cm³/mol. The molecular weight excluding hydrogens is 264 g/mol. The fourth-order valence-corrected chi connectivity index (χ4v) is 3.43. The Kier molecular flexibility index (Phi) is 2.64. The van der Waals surface area contributed by atoms with E-state index in [2.05, 4.69) is 17.6 Å². The van der Waals surface area contributed by atoms with Crippen molar-refractivity contribution in [1.82, 2.24) is 4.98 Å². The van der Waals surface area contributed by atoms with E-state index in [0.717, 1.165) is 25.9 Å². The first kappa shape index (κ1) is 10.5. The zero-order valence-electron chi connectivity index (χ0n) is 13.0. The molecule has 2 aromatic heterocycles. The van der Waals surface area contributed by atoms with Crippen LogP contribution in [0.25, 0.3) is 20.3 Å². The van der Waals surface area contributed by atoms with Crippen molar-refractivity contribution in [3.63, 3.8) is 0 Å². The minimum absolute atomic E-state index is 0.0405. The lowest BCUT2D eigenvalue weighted by molar-refractivity contribution is 1.35. The molecule has 0 saturated carbocycles. The topological polar surface area (TPSA) is 36.7 Å². The molecule has 0 radical (unpaired) electrons. The Bertz CT molecular complexity index is 954. The molecule has 0 fully saturated rings. The van der Waals surface area contributed by atoms with Gasteiger partial charge in [-0.05, 0) is 24.6 Å². The lowest BCUT2D eigenvalue weighted by Crippen LogP contribution is -1.93. The second kappa shape index (κ2) is 5.02. The van der Waals surface area contributed by atoms with Crippen LogP contribution in [0.3, 0.4) is 0 Å². The van der Waals surface area contributed by atoms with Crippen LogP contribution < -0.4 is 0 Å². The Morgan fingerprint density at radius 1 is 1.50 bits per heavy atom. The zero-order valence-corrected chi connectivity index (χ0v) is 11.8. The van der Waals surface area contributed by atoms with E-state index >= 15 is 0 Å². The Labute approximate surface area is 124 Å². The number of nitrogens with one attached hydrogen (secondary N) is 1. The fourth-order valence-electron chi connectivity index (χ4n) is 2.15. The molecular formula is C17H14N2S. The Morgan fingerprint density at radius 2 is 2.35 bits per heavy atom. The molecule has 0 atom stereocenters. The molecule has 3 heteroatoms. The van der Waals surface area contributed by atoms with Crippen molar-refractivity contribution in [2.24, 2.45) is 0 Å². The summed E-state index contributed by atoms with van der Waals surface area (Å²) in [4.78, 5) is 4.49. The highest BCUT2D eigenvalue weighted by atomic mass is 32.1. The smallest absolute Gasteiger partial charge is 0.0888 e. The molecule has 2 nitrogen and oxygen atoms in total. The number of pyridine rings is 1. The van der Waals surface area contributed by atoms with E-state index in [1.807, 2.05) is 31.3 Å². The van der Waals surface area contributed by atoms with Gasteiger partial charge < -0.3 is 5.41 Å². The number of thiophene rings is 1. The summed E-state index contributed by atoms with van der Waals surface area (Å²) in [7, 11) is 0. The highest BCUT2D eigenvalue weighted by Gasteiger charge is 2.11. The number of benzene rings is 1. The maximum atomic E-state index is 8.24. The van der Waals surface area contributed by atoms with E-state index in [1.54, 1.807) is 11.3 Å². The molecule has 0 unspecified atom stereocenters. The second-order valence-corrected chi connectivity index (χ2v) is 5.54. The van der Waals surface area contributed by atoms with Gasteiger partial charge in [0.1, 0.15) is 0 Å². The van der Waals surface area contributed by atoms with Crippen LogP contribution in [0.1, 0.15) is 13.9 Å². The van der Waals surface area contributed by atoms with Gasteiger partial charge in [0.15, 0.2) is 0 Å². The minimum atomic E-state index is -0.121. The predicted octanol–water partition coefficient (Wildman–Crippen LogP) is 4.87. The number of hydrogen-bond acceptors (Lipinski definition) is 3. The van der Waals surface area contributed by atoms with Gasteiger partial charge in [-0.3, -0.25) is 4.98 Å². The molecule has 0 aliphatic carbocycles. The summed E-state index contributed by atoms with van der Waals surface area (Å²) in [6, 6.07) is 7.58. The molecule has 0 amide bonds. The van der Waals surface area contributed by atoms with Crippen LogP contribution in [0.15, 0.2) is 55.2 Å². The highest BCUT2D eigenvalue weighted by Crippen LogP contribution is 2.35. The second-order valence-electron chi connectivity index (χ2n) is 4.49. The molecule has 0 aliphatic heterocycles. The van der Waals surface area contributed by atoms with E-state index in [4.69, 9.17) is 8.15 Å². The molecule has 3 rings (SSSR count). The average Bonchev–Trinajstić information content (AvgIpc) is 2.89. The number of nitrogens with zero attached hydrogens (tertiary/aromatic N) is 1. The van der Waals surface area contributed by atoms with Crippen molar-refractivity contribution in [1.29, 1.82) is 5.41 Å². The average molecular weight is 280 g/mol. The van der Waals surface area contributed by atoms with Gasteiger partial charge in [-0.25, -0.2) is 0 Å². The summed E-state index contributed by atoms with van der Waals surface area (Å²) in [5.41, 5.74) is 2.72. The van der Waals surface area contributed by atoms with E-state index in [0.29, 0.717) is 5.56 Å². The number of aryl methyl sites for hydroxylation is 1. The van der Waals surface area contributed by atoms with Crippen LogP contribution >= 0.6 is 11.3 Å². The third-order valence-corrected chi connectivity index (χ3v) is 4.22. The molecule has 1 N–H and O–H groups in total. The standard InChI is InChI=1S/C17H14N2S/c1-3-4-8-14(18)12-6-5-7-13-16-15(20-17(12)13)9-11(2)10-19-16/h3-10,18H,1H2,2H3/b8-4-,18-14?/i4D,8D. The number of hydrogen-bond donors (Lipinski definition) is 1. The summed E-state index contributed by atoms with van der Waals surface area (Å²) in [6.07, 6.45) is 3.12. The van der Waals surface area contributed by atoms with Crippen LogP contribution in [0.5, 0.6) is 0 Å². The molecule has 0 saturated heterocycles. The monoisotopic (exact) mass is 280 g/mol. The van der Waals surface area contributed by atoms with Gasteiger partial charge >= 0.3 is 0 Å². The van der Waals surface area contributed by atoms with Gasteiger partial charge in [-0.2, -0.15) is 0 Å². The lowest BCUT2D eigenvalue weighted by atomic mass is 10.1. The summed E-state index contributed by atoms with van der Waals surface area (Å²) in [5.74, 6) is 0. The van der Waals surface area contributed by atoms with Gasteiger partial charge in [-0.1, -0.05) is 36.9 Å². The SMILES string of the molecule is [2H]/C(C=C)=C(\[2H])C(=N)c1cccc2c1sc1cc(C)cnc12. The van der Waals surface area contributed by atoms with Crippen molar-refractivity contribution in [2.75, 3.05) is 0 Å². The van der Waals surface area contributed by atoms with E-state index < -0.39 is 0 Å². The van der Waals surface area contributed by atoms with E-state index in [-0.39, 0.29) is 17.8 Å². The van der Waals surface area contributed by atoms with E-state index in [1.165, 1.54) is 6.08 Å². The third kappa shape index (κ3) is 2.06. The van der Waals surface area contributed by atoms with Gasteiger partial charge in [0.25, 0.3) is 0 Å². The minimum Gasteiger partial charge on any atom is -0.300 e. The quantitative estimate of drug-likeness (QED) is 0.539. The molecule has 3 aromatic rings. The molecule has 20 heavy (non-hydrogen) atoms. The number of fused-ring (bicyclic) bond motifs is 3. The fraction of sp³-hybridized carbons (Fsp3) is 0.0588. The van der Waals surface area contributed by atoms with E-state index in [9.17, 15) is 0 Å². The number of aromatic nitrogens is 1. The third-order valence-electron chi connectivity index (χ3n) is 3.04. The maximum absolute atomic E-state index is 8.24. The molecule has 1 aromatic carbocycles. The Morgan fingerprint density at radius 3 is 3.15 bits per heavy atom. The first-order valence-corrected chi connectivity index (χ1v) is 7.01. The largest absolute Gasteiger partial charge is 0.300 e. The summed E-state index contributed by atoms with van der Waals surface area (Å²) < 4.78 is 17.6. The van der Waals surface area contributed by atoms with Crippen LogP contribution in [-0.4, -0.2) is 10.7 Å². The van der Waals surface area contributed by atoms with Gasteiger partial charge in [-0.15, -0.1) is 11.3 Å². The van der Waals surface area contributed by atoms with Gasteiger partial charge in [0, 0.05) is 21.8 Å². The number of allylic oxidation sites excluding steroid dienone is 3. The normalized spacial score (nSPS) is 13.8. The van der Waals surface area contributed by atoms with Crippen LogP contribution in [0.2, 0.25) is 0 Å². The first-order valence-electron chi connectivity index (χ1n) is 7.20. The molecule has 0 aliphatic rings. The summed E-state index contributed by atoms with van der Waals surface area (Å²) in [5, 5.41) is 9.23. The first-order chi connectivity index (χ1) is 10.5. The molecule has 0 bridgehead atoms. The van der Waals surface area contributed by atoms with Crippen LogP contribution in [-0.2, 0) is 0 Å². The summed E-state index contributed by atoms with van der Waals surface area (Å²) >= 11 is 1.57. The lowest BCUT2D eigenvalue weighted by Gasteiger charge is -2.00. The summed E-state index contributed by atoms with van der Waals surface area (Å²) in [6.45, 7) is 5.50. The van der Waals surface area contributed by atoms with Crippen molar-refractivity contribution in [2.45, 2.75) is 6.92 Å². The van der Waals surface area contributed by atoms with Gasteiger partial charge in [0.05, 0.1) is 18.7 Å². The van der Waals surface area contributed by atoms with Crippen molar-refractivity contribution < 1.29 is 2.74 Å². The Hall–Kier alpha value is -2.26. The van der Waals surface area contributed by atoms with Crippen molar-refractivity contribution >= 4 is 37.4 Å².